The van der Waals surface area contributed by atoms with Gasteiger partial charge in [-0.1, -0.05) is 25.1 Å². The van der Waals surface area contributed by atoms with Gasteiger partial charge in [0.25, 0.3) is 5.91 Å². The molecule has 0 spiro atoms. The van der Waals surface area contributed by atoms with Crippen LogP contribution in [0.2, 0.25) is 0 Å². The summed E-state index contributed by atoms with van der Waals surface area (Å²) in [6, 6.07) is 8.73. The van der Waals surface area contributed by atoms with E-state index in [1.54, 1.807) is 32.3 Å². The number of aromatic hydroxyl groups is 1. The van der Waals surface area contributed by atoms with Crippen molar-refractivity contribution in [2.24, 2.45) is 0 Å². The van der Waals surface area contributed by atoms with E-state index in [4.69, 9.17) is 19.4 Å². The van der Waals surface area contributed by atoms with Crippen LogP contribution in [0.25, 0.3) is 10.8 Å². The summed E-state index contributed by atoms with van der Waals surface area (Å²) in [6.45, 7) is 10.8. The van der Waals surface area contributed by atoms with Crippen LogP contribution >= 0.6 is 0 Å². The van der Waals surface area contributed by atoms with Gasteiger partial charge in [-0.15, -0.1) is 0 Å². The van der Waals surface area contributed by atoms with E-state index in [-0.39, 0.29) is 29.6 Å². The van der Waals surface area contributed by atoms with Crippen molar-refractivity contribution in [1.29, 1.82) is 0 Å². The van der Waals surface area contributed by atoms with Gasteiger partial charge in [0.05, 0.1) is 36.2 Å². The van der Waals surface area contributed by atoms with Crippen LogP contribution in [0.1, 0.15) is 77.3 Å². The molecule has 6 heterocycles. The highest BCUT2D eigenvalue weighted by Crippen LogP contribution is 2.43. The van der Waals surface area contributed by atoms with E-state index in [1.165, 1.54) is 16.5 Å². The first-order valence-electron chi connectivity index (χ1n) is 17.7. The van der Waals surface area contributed by atoms with Crippen molar-refractivity contribution in [2.45, 2.75) is 76.8 Å². The molecule has 2 fully saturated rings. The number of aryl methyl sites for hydroxylation is 2. The fourth-order valence-electron chi connectivity index (χ4n) is 8.51. The monoisotopic (exact) mass is 681 g/mol. The predicted octanol–water partition coefficient (Wildman–Crippen LogP) is 5.33. The molecule has 2 aromatic heterocycles. The molecule has 0 saturated carbocycles. The quantitative estimate of drug-likeness (QED) is 0.259. The summed E-state index contributed by atoms with van der Waals surface area (Å²) >= 11 is 0. The Balaban J connectivity index is 1.17. The second-order valence-corrected chi connectivity index (χ2v) is 14.5. The molecule has 4 aliphatic heterocycles. The third-order valence-corrected chi connectivity index (χ3v) is 10.9. The molecule has 1 amide bonds. The zero-order chi connectivity index (χ0) is 34.7. The summed E-state index contributed by atoms with van der Waals surface area (Å²) in [4.78, 5) is 29.1. The zero-order valence-corrected chi connectivity index (χ0v) is 29.0. The number of anilines is 1. The lowest BCUT2D eigenvalue weighted by Gasteiger charge is -2.33. The van der Waals surface area contributed by atoms with Crippen LogP contribution in [0.15, 0.2) is 42.5 Å². The third-order valence-electron chi connectivity index (χ3n) is 10.9. The Kier molecular flexibility index (Phi) is 8.26. The Labute approximate surface area is 291 Å². The van der Waals surface area contributed by atoms with Crippen LogP contribution < -0.4 is 9.64 Å². The van der Waals surface area contributed by atoms with Crippen LogP contribution in [0.4, 0.5) is 10.2 Å². The lowest BCUT2D eigenvalue weighted by Crippen LogP contribution is -2.43. The standard InChI is InChI=1S/C38H44FN7O4/c1-5-27-30(39)9-8-24-14-26(47)16-28(34(24)27)33-17-31-29(21-49-33)35(41-37(40-31)50-22-38-10-6-12-45(38)19-23(2)18-38)44-11-7-13-46-25(20-44)15-32(42-46)36(48)43(3)4/h8-9,14-16,33,47H,2,5-7,10-13,17-22H2,1,3-4H3/t33-,38+/m0/s1. The Hall–Kier alpha value is -4.55. The molecule has 0 unspecified atom stereocenters. The van der Waals surface area contributed by atoms with Crippen molar-refractivity contribution in [3.8, 4) is 11.8 Å². The number of carbonyl (C=O) groups is 1. The molecular weight excluding hydrogens is 637 g/mol. The Morgan fingerprint density at radius 2 is 2.02 bits per heavy atom. The van der Waals surface area contributed by atoms with Gasteiger partial charge in [-0.25, -0.2) is 4.39 Å². The number of halogens is 1. The van der Waals surface area contributed by atoms with Crippen molar-refractivity contribution in [3.05, 3.63) is 82.1 Å². The highest BCUT2D eigenvalue weighted by atomic mass is 19.1. The summed E-state index contributed by atoms with van der Waals surface area (Å²) in [7, 11) is 3.46. The molecule has 1 N–H and O–H groups in total. The van der Waals surface area contributed by atoms with Crippen molar-refractivity contribution >= 4 is 22.5 Å². The third kappa shape index (κ3) is 5.68. The van der Waals surface area contributed by atoms with Crippen LogP contribution in [-0.2, 0) is 37.3 Å². The smallest absolute Gasteiger partial charge is 0.318 e. The van der Waals surface area contributed by atoms with Crippen molar-refractivity contribution in [2.75, 3.05) is 45.2 Å². The average Bonchev–Trinajstić information content (AvgIpc) is 3.73. The Bertz CT molecular complexity index is 2010. The molecule has 262 valence electrons. The number of hydrogen-bond acceptors (Lipinski definition) is 9. The first-order chi connectivity index (χ1) is 24.1. The van der Waals surface area contributed by atoms with Crippen LogP contribution in [0.3, 0.4) is 0 Å². The highest BCUT2D eigenvalue weighted by Gasteiger charge is 2.46. The molecular formula is C38H44FN7O4. The maximum absolute atomic E-state index is 15.1. The summed E-state index contributed by atoms with van der Waals surface area (Å²) in [5.41, 5.74) is 5.53. The number of rotatable bonds is 7. The highest BCUT2D eigenvalue weighted by molar-refractivity contribution is 5.92. The Morgan fingerprint density at radius 3 is 2.84 bits per heavy atom. The van der Waals surface area contributed by atoms with Gasteiger partial charge < -0.3 is 24.4 Å². The molecule has 4 aromatic rings. The minimum absolute atomic E-state index is 0.0895. The summed E-state index contributed by atoms with van der Waals surface area (Å²) in [6.07, 6.45) is 4.34. The van der Waals surface area contributed by atoms with E-state index in [0.717, 1.165) is 84.4 Å². The summed E-state index contributed by atoms with van der Waals surface area (Å²) in [5, 5.41) is 16.9. The van der Waals surface area contributed by atoms with Crippen LogP contribution in [0, 0.1) is 5.82 Å². The number of ether oxygens (including phenoxy) is 2. The molecule has 11 nitrogen and oxygen atoms in total. The molecule has 0 radical (unpaired) electrons. The average molecular weight is 682 g/mol. The van der Waals surface area contributed by atoms with Gasteiger partial charge in [-0.2, -0.15) is 15.1 Å². The molecule has 4 aliphatic rings. The van der Waals surface area contributed by atoms with E-state index in [2.05, 4.69) is 21.5 Å². The molecule has 8 rings (SSSR count). The summed E-state index contributed by atoms with van der Waals surface area (Å²) < 4.78 is 30.1. The van der Waals surface area contributed by atoms with E-state index >= 15 is 4.39 Å². The van der Waals surface area contributed by atoms with Crippen molar-refractivity contribution < 1.29 is 23.8 Å². The van der Waals surface area contributed by atoms with E-state index in [0.29, 0.717) is 49.8 Å². The van der Waals surface area contributed by atoms with Gasteiger partial charge in [0.15, 0.2) is 5.69 Å². The molecule has 0 aliphatic carbocycles. The van der Waals surface area contributed by atoms with Crippen LogP contribution in [-0.4, -0.2) is 86.4 Å². The number of benzene rings is 2. The maximum atomic E-state index is 15.1. The van der Waals surface area contributed by atoms with Gasteiger partial charge in [0, 0.05) is 45.7 Å². The lowest BCUT2D eigenvalue weighted by atomic mass is 9.91. The number of phenolic OH excluding ortho intramolecular Hbond substituents is 1. The minimum atomic E-state index is -0.466. The zero-order valence-electron chi connectivity index (χ0n) is 29.0. The van der Waals surface area contributed by atoms with E-state index in [1.807, 2.05) is 17.7 Å². The fraction of sp³-hybridized carbons (Fsp3) is 0.474. The number of carbonyl (C=O) groups excluding carboxylic acids is 1. The SMILES string of the molecule is C=C1CN2CCC[C@]2(COc2nc3c(c(N4CCCn5nc(C(=O)N(C)C)cc5C4)n2)CO[C@H](c2cc(O)cc4ccc(F)c(CC)c24)C3)C1. The van der Waals surface area contributed by atoms with Gasteiger partial charge >= 0.3 is 6.01 Å². The maximum Gasteiger partial charge on any atom is 0.318 e. The first kappa shape index (κ1) is 32.6. The second kappa shape index (κ2) is 12.6. The van der Waals surface area contributed by atoms with Gasteiger partial charge in [-0.05, 0) is 84.8 Å². The fourth-order valence-corrected chi connectivity index (χ4v) is 8.51. The van der Waals surface area contributed by atoms with Crippen LogP contribution in [0.5, 0.6) is 11.8 Å². The minimum Gasteiger partial charge on any atom is -0.508 e. The second-order valence-electron chi connectivity index (χ2n) is 14.5. The van der Waals surface area contributed by atoms with E-state index < -0.39 is 6.10 Å². The molecule has 2 aromatic carbocycles. The summed E-state index contributed by atoms with van der Waals surface area (Å²) in [5.74, 6) is 0.451. The molecule has 12 heteroatoms. The first-order valence-corrected chi connectivity index (χ1v) is 17.7. The van der Waals surface area contributed by atoms with Gasteiger partial charge in [0.2, 0.25) is 0 Å². The number of phenols is 1. The number of hydrogen-bond donors (Lipinski definition) is 1. The predicted molar refractivity (Wildman–Crippen MR) is 187 cm³/mol. The number of amides is 1. The molecule has 50 heavy (non-hydrogen) atoms. The number of fused-ring (bicyclic) bond motifs is 4. The Morgan fingerprint density at radius 1 is 1.16 bits per heavy atom. The molecule has 2 atom stereocenters. The van der Waals surface area contributed by atoms with Gasteiger partial charge in [0.1, 0.15) is 24.0 Å². The van der Waals surface area contributed by atoms with Gasteiger partial charge in [-0.3, -0.25) is 14.4 Å². The number of aromatic nitrogens is 4. The van der Waals surface area contributed by atoms with Crippen molar-refractivity contribution in [1.82, 2.24) is 29.5 Å². The van der Waals surface area contributed by atoms with Crippen molar-refractivity contribution in [3.63, 3.8) is 0 Å². The normalized spacial score (nSPS) is 22.0. The van der Waals surface area contributed by atoms with E-state index in [9.17, 15) is 9.90 Å². The molecule has 0 bridgehead atoms. The lowest BCUT2D eigenvalue weighted by molar-refractivity contribution is 0.0262. The topological polar surface area (TPSA) is 109 Å². The molecule has 2 saturated heterocycles. The number of nitrogens with zero attached hydrogens (tertiary/aromatic N) is 7. The largest absolute Gasteiger partial charge is 0.508 e.